The van der Waals surface area contributed by atoms with Crippen LogP contribution in [-0.2, 0) is 17.8 Å². The minimum absolute atomic E-state index is 0.0954. The molecule has 0 atom stereocenters. The molecule has 0 aromatic heterocycles. The number of rotatable bonds is 4. The number of hydrogen-bond donors (Lipinski definition) is 1. The van der Waals surface area contributed by atoms with Crippen molar-refractivity contribution < 1.29 is 9.18 Å². The molecule has 2 aromatic rings. The van der Waals surface area contributed by atoms with E-state index in [9.17, 15) is 9.18 Å². The van der Waals surface area contributed by atoms with Crippen molar-refractivity contribution in [2.45, 2.75) is 26.8 Å². The summed E-state index contributed by atoms with van der Waals surface area (Å²) in [6.07, 6.45) is 0.321. The van der Waals surface area contributed by atoms with Crippen molar-refractivity contribution in [2.24, 2.45) is 0 Å². The summed E-state index contributed by atoms with van der Waals surface area (Å²) < 4.78 is 13.4. The Morgan fingerprint density at radius 1 is 1.10 bits per heavy atom. The SMILES string of the molecule is Cc1ccc(C)c(CC(=O)NCc2ccccc2F)c1. The molecule has 0 unspecified atom stereocenters. The summed E-state index contributed by atoms with van der Waals surface area (Å²) in [6, 6.07) is 12.5. The quantitative estimate of drug-likeness (QED) is 0.908. The maximum Gasteiger partial charge on any atom is 0.224 e. The van der Waals surface area contributed by atoms with Crippen LogP contribution in [0.25, 0.3) is 0 Å². The topological polar surface area (TPSA) is 29.1 Å². The highest BCUT2D eigenvalue weighted by atomic mass is 19.1. The summed E-state index contributed by atoms with van der Waals surface area (Å²) in [4.78, 5) is 11.9. The van der Waals surface area contributed by atoms with Crippen LogP contribution in [0.3, 0.4) is 0 Å². The molecule has 0 fully saturated rings. The molecule has 2 aromatic carbocycles. The van der Waals surface area contributed by atoms with E-state index in [1.54, 1.807) is 18.2 Å². The number of amides is 1. The normalized spacial score (nSPS) is 10.3. The fourth-order valence-corrected chi connectivity index (χ4v) is 2.06. The zero-order chi connectivity index (χ0) is 14.5. The number of hydrogen-bond acceptors (Lipinski definition) is 1. The lowest BCUT2D eigenvalue weighted by atomic mass is 10.0. The smallest absolute Gasteiger partial charge is 0.224 e. The third kappa shape index (κ3) is 3.67. The number of aryl methyl sites for hydroxylation is 2. The second-order valence-electron chi connectivity index (χ2n) is 4.97. The van der Waals surface area contributed by atoms with Crippen LogP contribution < -0.4 is 5.32 Å². The molecule has 0 heterocycles. The molecule has 2 rings (SSSR count). The van der Waals surface area contributed by atoms with Gasteiger partial charge in [0, 0.05) is 12.1 Å². The van der Waals surface area contributed by atoms with Gasteiger partial charge in [0.15, 0.2) is 0 Å². The number of carbonyl (C=O) groups excluding carboxylic acids is 1. The van der Waals surface area contributed by atoms with Gasteiger partial charge < -0.3 is 5.32 Å². The predicted octanol–water partition coefficient (Wildman–Crippen LogP) is 3.30. The first-order valence-electron chi connectivity index (χ1n) is 6.62. The molecule has 0 radical (unpaired) electrons. The molecule has 1 amide bonds. The van der Waals surface area contributed by atoms with E-state index in [0.29, 0.717) is 12.0 Å². The lowest BCUT2D eigenvalue weighted by Crippen LogP contribution is -2.25. The Hall–Kier alpha value is -2.16. The second kappa shape index (κ2) is 6.33. The van der Waals surface area contributed by atoms with Crippen molar-refractivity contribution in [1.82, 2.24) is 5.32 Å². The molecular formula is C17H18FNO. The number of nitrogens with one attached hydrogen (secondary N) is 1. The molecule has 0 saturated carbocycles. The van der Waals surface area contributed by atoms with Crippen LogP contribution in [-0.4, -0.2) is 5.91 Å². The van der Waals surface area contributed by atoms with Gasteiger partial charge in [-0.2, -0.15) is 0 Å². The van der Waals surface area contributed by atoms with Gasteiger partial charge in [-0.15, -0.1) is 0 Å². The molecular weight excluding hydrogens is 253 g/mol. The van der Waals surface area contributed by atoms with Crippen LogP contribution >= 0.6 is 0 Å². The third-order valence-electron chi connectivity index (χ3n) is 3.29. The largest absolute Gasteiger partial charge is 0.352 e. The van der Waals surface area contributed by atoms with Gasteiger partial charge in [-0.25, -0.2) is 4.39 Å². The highest BCUT2D eigenvalue weighted by Crippen LogP contribution is 2.11. The number of benzene rings is 2. The Labute approximate surface area is 118 Å². The van der Waals surface area contributed by atoms with Crippen LogP contribution in [0.2, 0.25) is 0 Å². The first kappa shape index (κ1) is 14.3. The molecule has 0 aliphatic carbocycles. The van der Waals surface area contributed by atoms with Crippen LogP contribution in [0.1, 0.15) is 22.3 Å². The maximum absolute atomic E-state index is 13.4. The lowest BCUT2D eigenvalue weighted by molar-refractivity contribution is -0.120. The van der Waals surface area contributed by atoms with E-state index in [0.717, 1.165) is 16.7 Å². The van der Waals surface area contributed by atoms with Gasteiger partial charge in [0.2, 0.25) is 5.91 Å². The number of carbonyl (C=O) groups is 1. The summed E-state index contributed by atoms with van der Waals surface area (Å²) in [5, 5.41) is 2.76. The standard InChI is InChI=1S/C17H18FNO/c1-12-7-8-13(2)15(9-12)10-17(20)19-11-14-5-3-4-6-16(14)18/h3-9H,10-11H2,1-2H3,(H,19,20). The van der Waals surface area contributed by atoms with Crippen LogP contribution in [0, 0.1) is 19.7 Å². The highest BCUT2D eigenvalue weighted by Gasteiger charge is 2.07. The average molecular weight is 271 g/mol. The molecule has 0 aliphatic heterocycles. The Bertz CT molecular complexity index is 622. The van der Waals surface area contributed by atoms with E-state index >= 15 is 0 Å². The van der Waals surface area contributed by atoms with E-state index in [1.807, 2.05) is 32.0 Å². The summed E-state index contributed by atoms with van der Waals surface area (Å²) >= 11 is 0. The van der Waals surface area contributed by atoms with Gasteiger partial charge in [0.25, 0.3) is 0 Å². The fraction of sp³-hybridized carbons (Fsp3) is 0.235. The Morgan fingerprint density at radius 2 is 1.85 bits per heavy atom. The fourth-order valence-electron chi connectivity index (χ4n) is 2.06. The van der Waals surface area contributed by atoms with Gasteiger partial charge in [-0.1, -0.05) is 42.0 Å². The van der Waals surface area contributed by atoms with Crippen molar-refractivity contribution >= 4 is 5.91 Å². The van der Waals surface area contributed by atoms with E-state index in [1.165, 1.54) is 6.07 Å². The predicted molar refractivity (Wildman–Crippen MR) is 77.9 cm³/mol. The van der Waals surface area contributed by atoms with Crippen LogP contribution in [0.5, 0.6) is 0 Å². The number of halogens is 1. The molecule has 0 saturated heterocycles. The molecule has 0 aliphatic rings. The molecule has 104 valence electrons. The lowest BCUT2D eigenvalue weighted by Gasteiger charge is -2.09. The second-order valence-corrected chi connectivity index (χ2v) is 4.97. The van der Waals surface area contributed by atoms with E-state index in [2.05, 4.69) is 5.32 Å². The van der Waals surface area contributed by atoms with Gasteiger partial charge in [-0.3, -0.25) is 4.79 Å². The monoisotopic (exact) mass is 271 g/mol. The van der Waals surface area contributed by atoms with Gasteiger partial charge in [0.1, 0.15) is 5.82 Å². The zero-order valence-corrected chi connectivity index (χ0v) is 11.7. The Kier molecular flexibility index (Phi) is 4.51. The van der Waals surface area contributed by atoms with Crippen LogP contribution in [0.4, 0.5) is 4.39 Å². The van der Waals surface area contributed by atoms with E-state index in [-0.39, 0.29) is 18.3 Å². The zero-order valence-electron chi connectivity index (χ0n) is 11.7. The summed E-state index contributed by atoms with van der Waals surface area (Å²) in [6.45, 7) is 4.20. The van der Waals surface area contributed by atoms with Gasteiger partial charge in [0.05, 0.1) is 6.42 Å². The third-order valence-corrected chi connectivity index (χ3v) is 3.29. The summed E-state index contributed by atoms with van der Waals surface area (Å²) in [7, 11) is 0. The van der Waals surface area contributed by atoms with Crippen molar-refractivity contribution in [3.8, 4) is 0 Å². The van der Waals surface area contributed by atoms with E-state index in [4.69, 9.17) is 0 Å². The van der Waals surface area contributed by atoms with Crippen molar-refractivity contribution in [3.63, 3.8) is 0 Å². The van der Waals surface area contributed by atoms with Crippen molar-refractivity contribution in [3.05, 3.63) is 70.5 Å². The van der Waals surface area contributed by atoms with Crippen LogP contribution in [0.15, 0.2) is 42.5 Å². The van der Waals surface area contributed by atoms with Gasteiger partial charge in [-0.05, 0) is 31.0 Å². The van der Waals surface area contributed by atoms with Crippen molar-refractivity contribution in [1.29, 1.82) is 0 Å². The first-order chi connectivity index (χ1) is 9.56. The van der Waals surface area contributed by atoms with E-state index < -0.39 is 0 Å². The minimum Gasteiger partial charge on any atom is -0.352 e. The average Bonchev–Trinajstić information content (AvgIpc) is 2.42. The summed E-state index contributed by atoms with van der Waals surface area (Å²) in [5.41, 5.74) is 3.74. The molecule has 20 heavy (non-hydrogen) atoms. The Balaban J connectivity index is 1.96. The molecule has 2 nitrogen and oxygen atoms in total. The molecule has 3 heteroatoms. The highest BCUT2D eigenvalue weighted by molar-refractivity contribution is 5.79. The van der Waals surface area contributed by atoms with Crippen molar-refractivity contribution in [2.75, 3.05) is 0 Å². The molecule has 0 bridgehead atoms. The molecule has 1 N–H and O–H groups in total. The maximum atomic E-state index is 13.4. The summed E-state index contributed by atoms with van der Waals surface area (Å²) in [5.74, 6) is -0.388. The first-order valence-corrected chi connectivity index (χ1v) is 6.62. The molecule has 0 spiro atoms. The van der Waals surface area contributed by atoms with Gasteiger partial charge >= 0.3 is 0 Å². The minimum atomic E-state index is -0.292. The Morgan fingerprint density at radius 3 is 2.60 bits per heavy atom.